The Kier molecular flexibility index (Phi) is 8.17. The van der Waals surface area contributed by atoms with Gasteiger partial charge in [-0.3, -0.25) is 4.98 Å². The van der Waals surface area contributed by atoms with Crippen LogP contribution in [0.3, 0.4) is 0 Å². The van der Waals surface area contributed by atoms with E-state index in [0.29, 0.717) is 17.2 Å². The van der Waals surface area contributed by atoms with Crippen LogP contribution < -0.4 is 13.6 Å². The molecule has 2 aromatic heterocycles. The summed E-state index contributed by atoms with van der Waals surface area (Å²) in [6.07, 6.45) is 21.3. The van der Waals surface area contributed by atoms with Crippen molar-refractivity contribution in [2.75, 3.05) is 0 Å². The Morgan fingerprint density at radius 1 is 1.09 bits per heavy atom. The molecule has 236 valence electrons. The van der Waals surface area contributed by atoms with Gasteiger partial charge in [0.15, 0.2) is 12.2 Å². The number of H-pyrrole nitrogens is 1. The third-order valence-corrected chi connectivity index (χ3v) is 12.1. The molecule has 7 unspecified atom stereocenters. The van der Waals surface area contributed by atoms with Gasteiger partial charge in [0.05, 0.1) is 11.0 Å². The maximum Gasteiger partial charge on any atom is 0.241 e. The highest BCUT2D eigenvalue weighted by Gasteiger charge is 2.59. The molecule has 2 heterocycles. The number of benzene rings is 2. The first kappa shape index (κ1) is 30.3. The van der Waals surface area contributed by atoms with Crippen LogP contribution in [0.5, 0.6) is 5.75 Å². The maximum absolute atomic E-state index is 8.17. The first-order valence-corrected chi connectivity index (χ1v) is 17.2. The van der Waals surface area contributed by atoms with Gasteiger partial charge in [0.1, 0.15) is 30.5 Å². The Morgan fingerprint density at radius 3 is 2.69 bits per heavy atom. The molecule has 4 aliphatic rings. The number of rotatable bonds is 5. The zero-order chi connectivity index (χ0) is 31.2. The number of imidazole rings is 2. The molecule has 0 amide bonds. The minimum atomic E-state index is 0.226. The van der Waals surface area contributed by atoms with E-state index in [0.717, 1.165) is 41.4 Å². The molecular formula is C37H46N5O2S+. The third kappa shape index (κ3) is 5.34. The number of fused-ring (bicyclic) bond motifs is 6. The number of para-hydroxylation sites is 2. The summed E-state index contributed by atoms with van der Waals surface area (Å²) in [4.78, 5) is 9.81. The van der Waals surface area contributed by atoms with Crippen molar-refractivity contribution < 1.29 is 14.0 Å². The average Bonchev–Trinajstić information content (AvgIpc) is 3.79. The minimum Gasteiger partial charge on any atom is -0.408 e. The molecule has 4 aliphatic carbocycles. The quantitative estimate of drug-likeness (QED) is 0.0683. The van der Waals surface area contributed by atoms with Crippen LogP contribution in [-0.4, -0.2) is 19.7 Å². The number of nitrogens with zero attached hydrogens (tertiary/aromatic N) is 3. The van der Waals surface area contributed by atoms with E-state index in [4.69, 9.17) is 14.4 Å². The molecule has 45 heavy (non-hydrogen) atoms. The smallest absolute Gasteiger partial charge is 0.241 e. The average molecular weight is 625 g/mol. The third-order valence-electron chi connectivity index (χ3n) is 11.8. The molecule has 8 rings (SSSR count). The van der Waals surface area contributed by atoms with Crippen LogP contribution >= 0.6 is 12.2 Å². The first-order chi connectivity index (χ1) is 21.8. The molecule has 2 saturated carbocycles. The van der Waals surface area contributed by atoms with E-state index < -0.39 is 0 Å². The van der Waals surface area contributed by atoms with Crippen LogP contribution in [-0.2, 0) is 0 Å². The van der Waals surface area contributed by atoms with Gasteiger partial charge in [-0.1, -0.05) is 68.3 Å². The molecule has 0 spiro atoms. The molecule has 2 aromatic carbocycles. The fraction of sp³-hybridized carbons (Fsp3) is 0.459. The molecule has 4 aromatic rings. The Bertz CT molecular complexity index is 1700. The molecule has 8 heteroatoms. The molecule has 0 aliphatic heterocycles. The predicted molar refractivity (Wildman–Crippen MR) is 180 cm³/mol. The van der Waals surface area contributed by atoms with Crippen molar-refractivity contribution >= 4 is 29.0 Å². The van der Waals surface area contributed by atoms with Crippen molar-refractivity contribution in [3.63, 3.8) is 0 Å². The maximum atomic E-state index is 8.17. The van der Waals surface area contributed by atoms with Gasteiger partial charge in [-0.25, -0.2) is 9.55 Å². The lowest BCUT2D eigenvalue weighted by Gasteiger charge is -2.60. The number of hydrogen-bond acceptors (Lipinski definition) is 5. The van der Waals surface area contributed by atoms with E-state index in [1.807, 2.05) is 36.1 Å². The van der Waals surface area contributed by atoms with Gasteiger partial charge in [0.2, 0.25) is 6.33 Å². The standard InChI is InChI=1S/C30H36N4.C7H9NO2S/c1-20-17-30(3)24(10-11-27(30)34-19-32-25-6-4-5-7-26(25)34)23-9-8-21-16-22(33-15-14-31-18-33)12-13-29(21,2)28(20)23;1-6-2-4-7(5-3-6)10-11-8-9/h4-8,11,14-15,18-20,22-24,28H,9-10,12-13,16-17H2,1-3H3;2-5,8-9H,1H3/p+1. The van der Waals surface area contributed by atoms with Crippen LogP contribution in [0.4, 0.5) is 0 Å². The van der Waals surface area contributed by atoms with Crippen LogP contribution in [0.1, 0.15) is 70.9 Å². The van der Waals surface area contributed by atoms with Crippen molar-refractivity contribution in [1.82, 2.24) is 19.4 Å². The zero-order valence-electron chi connectivity index (χ0n) is 26.8. The van der Waals surface area contributed by atoms with Crippen molar-refractivity contribution in [3.8, 4) is 5.75 Å². The Balaban J connectivity index is 0.000000252. The molecule has 7 nitrogen and oxygen atoms in total. The lowest BCUT2D eigenvalue weighted by atomic mass is 9.45. The summed E-state index contributed by atoms with van der Waals surface area (Å²) in [5.41, 5.74) is 7.38. The van der Waals surface area contributed by atoms with Gasteiger partial charge in [-0.2, -0.15) is 0 Å². The lowest BCUT2D eigenvalue weighted by Crippen LogP contribution is -2.54. The van der Waals surface area contributed by atoms with Crippen molar-refractivity contribution in [2.24, 2.45) is 34.5 Å². The van der Waals surface area contributed by atoms with E-state index in [1.54, 1.807) is 5.57 Å². The fourth-order valence-electron chi connectivity index (χ4n) is 9.86. The van der Waals surface area contributed by atoms with E-state index in [9.17, 15) is 0 Å². The summed E-state index contributed by atoms with van der Waals surface area (Å²) in [5, 5.41) is 8.17. The van der Waals surface area contributed by atoms with Gasteiger partial charge >= 0.3 is 0 Å². The summed E-state index contributed by atoms with van der Waals surface area (Å²) in [6, 6.07) is 16.8. The molecule has 0 bridgehead atoms. The van der Waals surface area contributed by atoms with Crippen molar-refractivity contribution in [3.05, 3.63) is 96.9 Å². The van der Waals surface area contributed by atoms with Gasteiger partial charge in [0, 0.05) is 17.5 Å². The second-order valence-corrected chi connectivity index (χ2v) is 14.7. The molecule has 3 N–H and O–H groups in total. The number of allylic oxidation sites excluding steroid dienone is 4. The summed E-state index contributed by atoms with van der Waals surface area (Å²) >= 11 is 0.773. The highest BCUT2D eigenvalue weighted by atomic mass is 32.2. The second kappa shape index (κ2) is 12.1. The highest BCUT2D eigenvalue weighted by molar-refractivity contribution is 7.92. The predicted octanol–water partition coefficient (Wildman–Crippen LogP) is 8.47. The van der Waals surface area contributed by atoms with Crippen molar-refractivity contribution in [2.45, 2.75) is 72.3 Å². The number of aromatic nitrogens is 4. The SMILES string of the molecule is CC1CC2(C)C(n3cnc4ccccc43)=CCC2C2CC=C3CC([n+]4cc[nH]c4)CCC3(C)C12.Cc1ccc(OSNO)cc1. The second-order valence-electron chi connectivity index (χ2n) is 14.2. The minimum absolute atomic E-state index is 0.226. The van der Waals surface area contributed by atoms with Crippen molar-refractivity contribution in [1.29, 1.82) is 0 Å². The molecular weight excluding hydrogens is 579 g/mol. The normalized spacial score (nSPS) is 32.0. The van der Waals surface area contributed by atoms with Gasteiger partial charge in [-0.15, -0.1) is 4.89 Å². The summed E-state index contributed by atoms with van der Waals surface area (Å²) < 4.78 is 9.78. The number of nitrogens with one attached hydrogen (secondary N) is 2. The van der Waals surface area contributed by atoms with Crippen LogP contribution in [0.2, 0.25) is 0 Å². The molecule has 0 radical (unpaired) electrons. The van der Waals surface area contributed by atoms with Gasteiger partial charge in [0.25, 0.3) is 0 Å². The lowest BCUT2D eigenvalue weighted by molar-refractivity contribution is -0.723. The van der Waals surface area contributed by atoms with Gasteiger partial charge in [-0.05, 0) is 92.4 Å². The molecule has 7 atom stereocenters. The first-order valence-electron chi connectivity index (χ1n) is 16.5. The topological polar surface area (TPSA) is 79.0 Å². The van der Waals surface area contributed by atoms with E-state index in [2.05, 4.69) is 96.4 Å². The number of hydrogen-bond donors (Lipinski definition) is 3. The summed E-state index contributed by atoms with van der Waals surface area (Å²) in [5.74, 6) is 3.75. The molecule has 2 fully saturated rings. The summed E-state index contributed by atoms with van der Waals surface area (Å²) in [7, 11) is 0. The van der Waals surface area contributed by atoms with Crippen LogP contribution in [0, 0.1) is 41.4 Å². The largest absolute Gasteiger partial charge is 0.408 e. The Morgan fingerprint density at radius 2 is 1.91 bits per heavy atom. The number of aromatic amines is 1. The fourth-order valence-corrected chi connectivity index (χ4v) is 10.1. The highest BCUT2D eigenvalue weighted by Crippen LogP contribution is 2.67. The van der Waals surface area contributed by atoms with E-state index >= 15 is 0 Å². The zero-order valence-corrected chi connectivity index (χ0v) is 27.6. The summed E-state index contributed by atoms with van der Waals surface area (Å²) in [6.45, 7) is 9.77. The monoisotopic (exact) mass is 624 g/mol. The Labute approximate surface area is 271 Å². The number of aryl methyl sites for hydroxylation is 1. The van der Waals surface area contributed by atoms with Gasteiger partial charge < -0.3 is 14.0 Å². The Hall–Kier alpha value is -3.33. The van der Waals surface area contributed by atoms with E-state index in [1.165, 1.54) is 55.3 Å². The van der Waals surface area contributed by atoms with Crippen LogP contribution in [0.25, 0.3) is 16.7 Å². The molecule has 0 saturated heterocycles. The van der Waals surface area contributed by atoms with Crippen LogP contribution in [0.15, 0.2) is 91.3 Å². The van der Waals surface area contributed by atoms with E-state index in [-0.39, 0.29) is 5.41 Å².